The molecule has 27 heavy (non-hydrogen) atoms. The summed E-state index contributed by atoms with van der Waals surface area (Å²) in [7, 11) is -4.84. The first-order valence-corrected chi connectivity index (χ1v) is 9.63. The number of ether oxygens (including phenoxy) is 1. The summed E-state index contributed by atoms with van der Waals surface area (Å²) in [6.45, 7) is 4.40. The second-order valence-electron chi connectivity index (χ2n) is 5.40. The van der Waals surface area contributed by atoms with Gasteiger partial charge in [-0.1, -0.05) is 5.16 Å². The number of hydroxylamine groups is 1. The molecule has 1 aliphatic rings. The fourth-order valence-corrected chi connectivity index (χ4v) is 2.97. The molecule has 150 valence electrons. The van der Waals surface area contributed by atoms with Gasteiger partial charge in [-0.25, -0.2) is 9.82 Å². The molecule has 2 atom stereocenters. The van der Waals surface area contributed by atoms with Crippen molar-refractivity contribution in [2.45, 2.75) is 39.3 Å². The van der Waals surface area contributed by atoms with Crippen molar-refractivity contribution in [3.63, 3.8) is 0 Å². The number of anilines is 1. The number of oxime groups is 1. The third kappa shape index (κ3) is 5.33. The smallest absolute Gasteiger partial charge is 0.360 e. The molecular weight excluding hydrogens is 406 g/mol. The van der Waals surface area contributed by atoms with Crippen molar-refractivity contribution < 1.29 is 37.0 Å². The Morgan fingerprint density at radius 1 is 1.52 bits per heavy atom. The van der Waals surface area contributed by atoms with Crippen molar-refractivity contribution in [3.05, 3.63) is 11.1 Å². The number of esters is 1. The molecule has 0 aromatic carbocycles. The number of rotatable bonds is 7. The summed E-state index contributed by atoms with van der Waals surface area (Å²) in [6, 6.07) is 0. The Labute approximate surface area is 157 Å². The lowest BCUT2D eigenvalue weighted by molar-refractivity contribution is -0.362. The number of nitrogen functional groups attached to an aromatic ring is 1. The molecule has 0 aliphatic carbocycles. The molecule has 13 nitrogen and oxygen atoms in total. The van der Waals surface area contributed by atoms with E-state index < -0.39 is 34.6 Å². The Kier molecular flexibility index (Phi) is 6.32. The third-order valence-electron chi connectivity index (χ3n) is 2.82. The maximum atomic E-state index is 12.6. The van der Waals surface area contributed by atoms with Gasteiger partial charge in [0, 0.05) is 12.3 Å². The molecule has 1 amide bonds. The Hall–Kier alpha value is -2.33. The zero-order valence-corrected chi connectivity index (χ0v) is 16.0. The molecule has 0 saturated carbocycles. The number of carbonyl (C=O) groups is 2. The van der Waals surface area contributed by atoms with Gasteiger partial charge in [0.2, 0.25) is 0 Å². The van der Waals surface area contributed by atoms with E-state index in [1.54, 1.807) is 13.8 Å². The van der Waals surface area contributed by atoms with Crippen LogP contribution in [0.15, 0.2) is 10.5 Å². The van der Waals surface area contributed by atoms with Crippen molar-refractivity contribution in [2.24, 2.45) is 5.16 Å². The first kappa shape index (κ1) is 21.0. The van der Waals surface area contributed by atoms with E-state index in [4.69, 9.17) is 19.9 Å². The van der Waals surface area contributed by atoms with E-state index >= 15 is 0 Å². The lowest BCUT2D eigenvalue weighted by Crippen LogP contribution is -2.68. The standard InChI is InChI=1S/C12H17N5O8S2/c1-5(2)24-16-8(7-4-26-12(13)14-7)10(19)15-9-11(23-6(3)18)25-17(9)27(20,21)22/h4-5,9,11H,1-3H3,(H2,13,14)(H,15,19)(H,20,21,22)/t9-,11-/m0/s1. The Balaban J connectivity index is 2.25. The van der Waals surface area contributed by atoms with Crippen LogP contribution in [0.3, 0.4) is 0 Å². The first-order chi connectivity index (χ1) is 12.5. The molecule has 0 unspecified atom stereocenters. The van der Waals surface area contributed by atoms with E-state index in [9.17, 15) is 18.0 Å². The molecule has 1 aromatic rings. The molecule has 1 fully saturated rings. The van der Waals surface area contributed by atoms with Gasteiger partial charge in [0.15, 0.2) is 17.0 Å². The highest BCUT2D eigenvalue weighted by atomic mass is 32.2. The highest BCUT2D eigenvalue weighted by molar-refractivity contribution is 7.83. The largest absolute Gasteiger partial charge is 0.430 e. The van der Waals surface area contributed by atoms with E-state index in [1.165, 1.54) is 5.38 Å². The SMILES string of the molecule is CC(=O)O[C@H]1ON(S(=O)(=O)O)[C@@H]1NC(=O)C(=NOC(C)C)c1csc(N)n1. The van der Waals surface area contributed by atoms with E-state index in [2.05, 4.69) is 20.3 Å². The quantitative estimate of drug-likeness (QED) is 0.218. The number of hydrogen-bond donors (Lipinski definition) is 3. The molecule has 1 aliphatic heterocycles. The number of nitrogens with one attached hydrogen (secondary N) is 1. The minimum absolute atomic E-state index is 0.0643. The molecule has 15 heteroatoms. The number of amides is 1. The van der Waals surface area contributed by atoms with Crippen LogP contribution >= 0.6 is 11.3 Å². The molecule has 2 heterocycles. The fraction of sp³-hybridized carbons (Fsp3) is 0.500. The summed E-state index contributed by atoms with van der Waals surface area (Å²) in [5, 5.41) is 7.53. The van der Waals surface area contributed by atoms with Gasteiger partial charge in [-0.15, -0.1) is 11.3 Å². The Morgan fingerprint density at radius 3 is 2.67 bits per heavy atom. The number of carbonyl (C=O) groups excluding carboxylic acids is 2. The van der Waals surface area contributed by atoms with Crippen LogP contribution in [0.4, 0.5) is 5.13 Å². The molecule has 0 radical (unpaired) electrons. The van der Waals surface area contributed by atoms with Gasteiger partial charge in [-0.05, 0) is 18.3 Å². The lowest BCUT2D eigenvalue weighted by atomic mass is 10.2. The number of thiazole rings is 1. The van der Waals surface area contributed by atoms with Crippen molar-refractivity contribution >= 4 is 44.4 Å². The van der Waals surface area contributed by atoms with Gasteiger partial charge < -0.3 is 20.6 Å². The van der Waals surface area contributed by atoms with Crippen molar-refractivity contribution in [1.82, 2.24) is 14.8 Å². The monoisotopic (exact) mass is 423 g/mol. The Morgan fingerprint density at radius 2 is 2.19 bits per heavy atom. The summed E-state index contributed by atoms with van der Waals surface area (Å²) in [4.78, 5) is 37.3. The van der Waals surface area contributed by atoms with Gasteiger partial charge in [0.25, 0.3) is 12.2 Å². The molecule has 1 saturated heterocycles. The van der Waals surface area contributed by atoms with E-state index in [0.717, 1.165) is 18.3 Å². The van der Waals surface area contributed by atoms with Gasteiger partial charge >= 0.3 is 16.3 Å². The maximum Gasteiger partial charge on any atom is 0.360 e. The first-order valence-electron chi connectivity index (χ1n) is 7.36. The van der Waals surface area contributed by atoms with Crippen LogP contribution in [0.1, 0.15) is 26.5 Å². The zero-order chi connectivity index (χ0) is 20.4. The minimum Gasteiger partial charge on any atom is -0.430 e. The maximum absolute atomic E-state index is 12.6. The molecule has 0 bridgehead atoms. The zero-order valence-electron chi connectivity index (χ0n) is 14.3. The summed E-state index contributed by atoms with van der Waals surface area (Å²) >= 11 is 1.05. The van der Waals surface area contributed by atoms with Crippen molar-refractivity contribution in [3.8, 4) is 0 Å². The molecule has 0 spiro atoms. The molecule has 1 aromatic heterocycles. The van der Waals surface area contributed by atoms with Gasteiger partial charge in [-0.3, -0.25) is 14.1 Å². The predicted octanol–water partition coefficient (Wildman–Crippen LogP) is -0.764. The molecule has 4 N–H and O–H groups in total. The molecular formula is C12H17N5O8S2. The Bertz CT molecular complexity index is 852. The number of aromatic nitrogens is 1. The number of nitrogens with zero attached hydrogens (tertiary/aromatic N) is 3. The van der Waals surface area contributed by atoms with Crippen LogP contribution in [0, 0.1) is 0 Å². The van der Waals surface area contributed by atoms with Crippen LogP contribution in [0.25, 0.3) is 0 Å². The average molecular weight is 423 g/mol. The predicted molar refractivity (Wildman–Crippen MR) is 91.2 cm³/mol. The number of nitrogens with two attached hydrogens (primary N) is 1. The van der Waals surface area contributed by atoms with Crippen molar-refractivity contribution in [2.75, 3.05) is 5.73 Å². The van der Waals surface area contributed by atoms with Crippen LogP contribution in [0.2, 0.25) is 0 Å². The van der Waals surface area contributed by atoms with E-state index in [-0.39, 0.29) is 27.1 Å². The van der Waals surface area contributed by atoms with Gasteiger partial charge in [-0.2, -0.15) is 8.42 Å². The minimum atomic E-state index is -4.84. The summed E-state index contributed by atoms with van der Waals surface area (Å²) < 4.78 is 36.4. The summed E-state index contributed by atoms with van der Waals surface area (Å²) in [6.07, 6.45) is -3.36. The van der Waals surface area contributed by atoms with Crippen molar-refractivity contribution in [1.29, 1.82) is 0 Å². The average Bonchev–Trinajstić information content (AvgIpc) is 2.93. The van der Waals surface area contributed by atoms with E-state index in [0.29, 0.717) is 0 Å². The fourth-order valence-electron chi connectivity index (χ4n) is 1.79. The third-order valence-corrected chi connectivity index (χ3v) is 4.26. The van der Waals surface area contributed by atoms with Crippen LogP contribution in [-0.2, 0) is 34.3 Å². The van der Waals surface area contributed by atoms with E-state index in [1.807, 2.05) is 0 Å². The topological polar surface area (TPSA) is 183 Å². The molecule has 2 rings (SSSR count). The second kappa shape index (κ2) is 8.13. The summed E-state index contributed by atoms with van der Waals surface area (Å²) in [5.41, 5.74) is 5.33. The van der Waals surface area contributed by atoms with Gasteiger partial charge in [0.05, 0.1) is 0 Å². The highest BCUT2D eigenvalue weighted by Crippen LogP contribution is 2.25. The van der Waals surface area contributed by atoms with Crippen LogP contribution in [0.5, 0.6) is 0 Å². The highest BCUT2D eigenvalue weighted by Gasteiger charge is 2.51. The summed E-state index contributed by atoms with van der Waals surface area (Å²) in [5.74, 6) is -1.72. The number of hydrogen-bond acceptors (Lipinski definition) is 11. The second-order valence-corrected chi connectivity index (χ2v) is 7.54. The van der Waals surface area contributed by atoms with Gasteiger partial charge in [0.1, 0.15) is 11.8 Å². The lowest BCUT2D eigenvalue weighted by Gasteiger charge is -2.42. The van der Waals surface area contributed by atoms with Crippen LogP contribution < -0.4 is 11.1 Å². The normalized spacial score (nSPS) is 20.9. The van der Waals surface area contributed by atoms with Crippen LogP contribution in [-0.4, -0.2) is 58.6 Å².